The van der Waals surface area contributed by atoms with Gasteiger partial charge < -0.3 is 10.5 Å². The molecule has 0 unspecified atom stereocenters. The second-order valence-electron chi connectivity index (χ2n) is 1.81. The highest BCUT2D eigenvalue weighted by atomic mass is 127. The summed E-state index contributed by atoms with van der Waals surface area (Å²) in [6.07, 6.45) is 0. The first kappa shape index (κ1) is 7.62. The molecule has 54 valence electrons. The van der Waals surface area contributed by atoms with Crippen LogP contribution in [0.1, 0.15) is 0 Å². The smallest absolute Gasteiger partial charge is 0.140 e. The lowest BCUT2D eigenvalue weighted by molar-refractivity contribution is 0.477. The van der Waals surface area contributed by atoms with Crippen LogP contribution < -0.4 is 11.3 Å². The number of nitrogen functional groups attached to an aromatic ring is 1. The molecule has 0 spiro atoms. The molecule has 0 bridgehead atoms. The van der Waals surface area contributed by atoms with Gasteiger partial charge in [0, 0.05) is 3.57 Å². The van der Waals surface area contributed by atoms with Crippen LogP contribution in [0.5, 0.6) is 5.75 Å². The molecule has 4 heteroatoms. The molecule has 0 saturated carbocycles. The van der Waals surface area contributed by atoms with Gasteiger partial charge in [-0.15, -0.1) is 0 Å². The normalized spacial score (nSPS) is 9.40. The average molecular weight is 250 g/mol. The first-order valence-corrected chi connectivity index (χ1v) is 3.77. The lowest BCUT2D eigenvalue weighted by atomic mass is 10.3. The summed E-state index contributed by atoms with van der Waals surface area (Å²) >= 11 is 2.14. The topological polar surface area (TPSA) is 58.3 Å². The number of nitrogens with two attached hydrogens (primary N) is 1. The van der Waals surface area contributed by atoms with Crippen LogP contribution in [0.25, 0.3) is 0 Å². The molecule has 0 amide bonds. The van der Waals surface area contributed by atoms with Crippen molar-refractivity contribution in [3.8, 4) is 5.75 Å². The lowest BCUT2D eigenvalue weighted by Gasteiger charge is -2.01. The summed E-state index contributed by atoms with van der Waals surface area (Å²) in [5.41, 5.74) is 2.93. The Labute approximate surface area is 72.3 Å². The van der Waals surface area contributed by atoms with Gasteiger partial charge in [-0.3, -0.25) is 5.84 Å². The van der Waals surface area contributed by atoms with Gasteiger partial charge in [0.1, 0.15) is 5.75 Å². The summed E-state index contributed by atoms with van der Waals surface area (Å²) in [4.78, 5) is 0. The number of nitrogens with one attached hydrogen (secondary N) is 1. The SMILES string of the molecule is NNc1cc(I)ccc1O. The second-order valence-corrected chi connectivity index (χ2v) is 3.05. The van der Waals surface area contributed by atoms with Crippen molar-refractivity contribution in [3.63, 3.8) is 0 Å². The first-order chi connectivity index (χ1) is 4.74. The molecule has 1 rings (SSSR count). The van der Waals surface area contributed by atoms with E-state index in [1.54, 1.807) is 18.2 Å². The van der Waals surface area contributed by atoms with Crippen molar-refractivity contribution >= 4 is 28.3 Å². The molecule has 4 N–H and O–H groups in total. The Kier molecular flexibility index (Phi) is 2.34. The van der Waals surface area contributed by atoms with E-state index >= 15 is 0 Å². The number of hydrogen-bond acceptors (Lipinski definition) is 3. The molecule has 0 saturated heterocycles. The molecule has 0 aliphatic heterocycles. The molecule has 0 heterocycles. The first-order valence-electron chi connectivity index (χ1n) is 2.69. The van der Waals surface area contributed by atoms with Gasteiger partial charge >= 0.3 is 0 Å². The molecule has 1 aromatic rings. The van der Waals surface area contributed by atoms with Gasteiger partial charge in [0.25, 0.3) is 0 Å². The molecule has 1 aromatic carbocycles. The number of hydrazine groups is 1. The predicted octanol–water partition coefficient (Wildman–Crippen LogP) is 1.28. The fraction of sp³-hybridized carbons (Fsp3) is 0. The highest BCUT2D eigenvalue weighted by molar-refractivity contribution is 14.1. The summed E-state index contributed by atoms with van der Waals surface area (Å²) in [6, 6.07) is 5.16. The molecule has 0 radical (unpaired) electrons. The molecule has 0 atom stereocenters. The van der Waals surface area contributed by atoms with Crippen molar-refractivity contribution in [2.75, 3.05) is 5.43 Å². The third-order valence-electron chi connectivity index (χ3n) is 1.11. The van der Waals surface area contributed by atoms with Gasteiger partial charge in [-0.05, 0) is 40.8 Å². The van der Waals surface area contributed by atoms with Crippen molar-refractivity contribution in [3.05, 3.63) is 21.8 Å². The molecule has 3 nitrogen and oxygen atoms in total. The van der Waals surface area contributed by atoms with Gasteiger partial charge in [0.05, 0.1) is 5.69 Å². The number of anilines is 1. The van der Waals surface area contributed by atoms with E-state index in [1.165, 1.54) is 0 Å². The zero-order valence-corrected chi connectivity index (χ0v) is 7.29. The van der Waals surface area contributed by atoms with E-state index in [4.69, 9.17) is 10.9 Å². The van der Waals surface area contributed by atoms with Crippen LogP contribution in [0.3, 0.4) is 0 Å². The van der Waals surface area contributed by atoms with Crippen LogP contribution in [0.15, 0.2) is 18.2 Å². The summed E-state index contributed by atoms with van der Waals surface area (Å²) < 4.78 is 1.03. The minimum absolute atomic E-state index is 0.169. The third kappa shape index (κ3) is 1.51. The third-order valence-corrected chi connectivity index (χ3v) is 1.79. The van der Waals surface area contributed by atoms with Gasteiger partial charge in [-0.25, -0.2) is 0 Å². The Morgan fingerprint density at radius 3 is 2.70 bits per heavy atom. The van der Waals surface area contributed by atoms with E-state index < -0.39 is 0 Å². The average Bonchev–Trinajstić information content (AvgIpc) is 1.94. The van der Waals surface area contributed by atoms with Crippen molar-refractivity contribution in [1.82, 2.24) is 0 Å². The van der Waals surface area contributed by atoms with Crippen LogP contribution in [-0.2, 0) is 0 Å². The zero-order chi connectivity index (χ0) is 7.56. The van der Waals surface area contributed by atoms with Crippen LogP contribution in [0, 0.1) is 3.57 Å². The number of aromatic hydroxyl groups is 1. The van der Waals surface area contributed by atoms with E-state index in [0.717, 1.165) is 3.57 Å². The molecule has 0 aromatic heterocycles. The molecule has 0 aliphatic carbocycles. The number of hydrogen-bond donors (Lipinski definition) is 3. The zero-order valence-electron chi connectivity index (χ0n) is 5.13. The number of benzene rings is 1. The molecular formula is C6H7IN2O. The Hall–Kier alpha value is -0.490. The summed E-state index contributed by atoms with van der Waals surface area (Å²) in [6.45, 7) is 0. The molecular weight excluding hydrogens is 243 g/mol. The fourth-order valence-corrected chi connectivity index (χ4v) is 1.12. The Morgan fingerprint density at radius 2 is 2.20 bits per heavy atom. The van der Waals surface area contributed by atoms with Crippen LogP contribution in [0.4, 0.5) is 5.69 Å². The fourth-order valence-electron chi connectivity index (χ4n) is 0.624. The second kappa shape index (κ2) is 3.07. The van der Waals surface area contributed by atoms with Crippen molar-refractivity contribution < 1.29 is 5.11 Å². The van der Waals surface area contributed by atoms with Gasteiger partial charge in [0.2, 0.25) is 0 Å². The highest BCUT2D eigenvalue weighted by Gasteiger charge is 1.97. The molecule has 0 fully saturated rings. The van der Waals surface area contributed by atoms with E-state index in [0.29, 0.717) is 5.69 Å². The van der Waals surface area contributed by atoms with E-state index in [9.17, 15) is 0 Å². The standard InChI is InChI=1S/C6H7IN2O/c7-4-1-2-6(10)5(3-4)9-8/h1-3,9-10H,8H2. The number of phenols is 1. The van der Waals surface area contributed by atoms with E-state index in [2.05, 4.69) is 28.0 Å². The van der Waals surface area contributed by atoms with E-state index in [-0.39, 0.29) is 5.75 Å². The monoisotopic (exact) mass is 250 g/mol. The Balaban J connectivity index is 3.09. The highest BCUT2D eigenvalue weighted by Crippen LogP contribution is 2.23. The minimum Gasteiger partial charge on any atom is -0.506 e. The summed E-state index contributed by atoms with van der Waals surface area (Å²) in [7, 11) is 0. The summed E-state index contributed by atoms with van der Waals surface area (Å²) in [5, 5.41) is 9.09. The Bertz CT molecular complexity index is 239. The largest absolute Gasteiger partial charge is 0.506 e. The van der Waals surface area contributed by atoms with Crippen LogP contribution >= 0.6 is 22.6 Å². The van der Waals surface area contributed by atoms with Crippen molar-refractivity contribution in [2.24, 2.45) is 5.84 Å². The quantitative estimate of drug-likeness (QED) is 0.304. The number of rotatable bonds is 1. The number of phenolic OH excluding ortho intramolecular Hbond substituents is 1. The van der Waals surface area contributed by atoms with Crippen LogP contribution in [0.2, 0.25) is 0 Å². The Morgan fingerprint density at radius 1 is 1.50 bits per heavy atom. The predicted molar refractivity (Wildman–Crippen MR) is 48.6 cm³/mol. The van der Waals surface area contributed by atoms with E-state index in [1.807, 2.05) is 0 Å². The molecule has 10 heavy (non-hydrogen) atoms. The van der Waals surface area contributed by atoms with Gasteiger partial charge in [-0.1, -0.05) is 0 Å². The van der Waals surface area contributed by atoms with Gasteiger partial charge in [0.15, 0.2) is 0 Å². The maximum Gasteiger partial charge on any atom is 0.140 e. The van der Waals surface area contributed by atoms with Crippen molar-refractivity contribution in [1.29, 1.82) is 0 Å². The number of halogens is 1. The maximum atomic E-state index is 9.09. The summed E-state index contributed by atoms with van der Waals surface area (Å²) in [5.74, 6) is 5.28. The minimum atomic E-state index is 0.169. The van der Waals surface area contributed by atoms with Crippen molar-refractivity contribution in [2.45, 2.75) is 0 Å². The van der Waals surface area contributed by atoms with Gasteiger partial charge in [-0.2, -0.15) is 0 Å². The lowest BCUT2D eigenvalue weighted by Crippen LogP contribution is -2.06. The van der Waals surface area contributed by atoms with Crippen LogP contribution in [-0.4, -0.2) is 5.11 Å². The molecule has 0 aliphatic rings. The maximum absolute atomic E-state index is 9.09.